The molecule has 30 heavy (non-hydrogen) atoms. The van der Waals surface area contributed by atoms with Crippen molar-refractivity contribution < 1.29 is 27.4 Å². The number of ether oxygens (including phenoxy) is 3. The highest BCUT2D eigenvalue weighted by Crippen LogP contribution is 2.28. The van der Waals surface area contributed by atoms with Gasteiger partial charge in [0.05, 0.1) is 26.2 Å². The lowest BCUT2D eigenvalue weighted by molar-refractivity contribution is 0.0946. The van der Waals surface area contributed by atoms with Gasteiger partial charge in [-0.05, 0) is 55.3 Å². The zero-order valence-electron chi connectivity index (χ0n) is 17.3. The summed E-state index contributed by atoms with van der Waals surface area (Å²) in [4.78, 5) is 12.8. The molecule has 1 aliphatic rings. The van der Waals surface area contributed by atoms with Crippen molar-refractivity contribution in [2.45, 2.75) is 23.8 Å². The van der Waals surface area contributed by atoms with E-state index in [0.29, 0.717) is 35.8 Å². The van der Waals surface area contributed by atoms with Crippen LogP contribution in [0.1, 0.15) is 23.2 Å². The monoisotopic (exact) mass is 434 g/mol. The van der Waals surface area contributed by atoms with Crippen molar-refractivity contribution in [3.63, 3.8) is 0 Å². The third-order valence-electron chi connectivity index (χ3n) is 5.13. The summed E-state index contributed by atoms with van der Waals surface area (Å²) >= 11 is 0. The molecule has 1 N–H and O–H groups in total. The van der Waals surface area contributed by atoms with Crippen LogP contribution in [0.5, 0.6) is 17.2 Å². The second kappa shape index (κ2) is 9.36. The van der Waals surface area contributed by atoms with E-state index in [9.17, 15) is 13.2 Å². The maximum Gasteiger partial charge on any atom is 0.251 e. The molecule has 162 valence electrons. The minimum Gasteiger partial charge on any atom is -0.497 e. The van der Waals surface area contributed by atoms with Gasteiger partial charge in [0.1, 0.15) is 5.75 Å². The number of nitrogens with zero attached hydrogens (tertiary/aromatic N) is 1. The predicted octanol–water partition coefficient (Wildman–Crippen LogP) is 2.30. The molecule has 2 aromatic carbocycles. The fourth-order valence-electron chi connectivity index (χ4n) is 3.50. The minimum absolute atomic E-state index is 0.210. The maximum absolute atomic E-state index is 13.1. The summed E-state index contributed by atoms with van der Waals surface area (Å²) in [6.07, 6.45) is 1.42. The molecule has 1 saturated heterocycles. The Hall–Kier alpha value is -2.78. The molecule has 0 spiro atoms. The molecule has 1 unspecified atom stereocenters. The molecule has 0 radical (unpaired) electrons. The highest BCUT2D eigenvalue weighted by molar-refractivity contribution is 7.89. The van der Waals surface area contributed by atoms with E-state index in [1.807, 2.05) is 0 Å². The molecule has 3 rings (SSSR count). The Balaban J connectivity index is 1.69. The summed E-state index contributed by atoms with van der Waals surface area (Å²) in [5, 5.41) is 2.84. The number of hydrogen-bond acceptors (Lipinski definition) is 6. The van der Waals surface area contributed by atoms with Gasteiger partial charge in [0.15, 0.2) is 11.5 Å². The Kier molecular flexibility index (Phi) is 6.84. The quantitative estimate of drug-likeness (QED) is 0.685. The summed E-state index contributed by atoms with van der Waals surface area (Å²) in [6.45, 7) is 0.647. The molecular formula is C21H26N2O6S. The van der Waals surface area contributed by atoms with Crippen LogP contribution < -0.4 is 19.5 Å². The van der Waals surface area contributed by atoms with Gasteiger partial charge in [-0.25, -0.2) is 8.42 Å². The van der Waals surface area contributed by atoms with Gasteiger partial charge in [-0.15, -0.1) is 0 Å². The fraction of sp³-hybridized carbons (Fsp3) is 0.381. The van der Waals surface area contributed by atoms with Gasteiger partial charge in [0.25, 0.3) is 5.91 Å². The zero-order chi connectivity index (χ0) is 21.7. The second-order valence-electron chi connectivity index (χ2n) is 6.87. The smallest absolute Gasteiger partial charge is 0.251 e. The minimum atomic E-state index is -3.66. The molecule has 0 bridgehead atoms. The highest BCUT2D eigenvalue weighted by atomic mass is 32.2. The molecule has 0 aliphatic carbocycles. The molecule has 1 amide bonds. The lowest BCUT2D eigenvalue weighted by Crippen LogP contribution is -2.43. The number of sulfonamides is 1. The van der Waals surface area contributed by atoms with Crippen LogP contribution >= 0.6 is 0 Å². The van der Waals surface area contributed by atoms with Gasteiger partial charge in [-0.3, -0.25) is 4.79 Å². The molecule has 1 heterocycles. The van der Waals surface area contributed by atoms with E-state index < -0.39 is 10.0 Å². The van der Waals surface area contributed by atoms with Crippen molar-refractivity contribution >= 4 is 15.9 Å². The zero-order valence-corrected chi connectivity index (χ0v) is 18.1. The first kappa shape index (κ1) is 21.9. The Labute approximate surface area is 176 Å². The fourth-order valence-corrected chi connectivity index (χ4v) is 5.20. The van der Waals surface area contributed by atoms with E-state index in [1.165, 1.54) is 37.8 Å². The second-order valence-corrected chi connectivity index (χ2v) is 8.76. The number of rotatable bonds is 8. The molecule has 0 saturated carbocycles. The average molecular weight is 435 g/mol. The van der Waals surface area contributed by atoms with Crippen molar-refractivity contribution in [1.29, 1.82) is 0 Å². The number of benzene rings is 2. The van der Waals surface area contributed by atoms with Crippen LogP contribution in [0.4, 0.5) is 0 Å². The largest absolute Gasteiger partial charge is 0.497 e. The third kappa shape index (κ3) is 4.52. The standard InChI is InChI=1S/C21H26N2O6S/c1-27-17-7-9-18(10-8-17)30(25,26)23-12-4-5-16(23)14-22-21(24)15-6-11-19(28-2)20(13-15)29-3/h6-11,13,16H,4-5,12,14H2,1-3H3,(H,22,24). The lowest BCUT2D eigenvalue weighted by Gasteiger charge is -2.24. The van der Waals surface area contributed by atoms with E-state index in [4.69, 9.17) is 14.2 Å². The van der Waals surface area contributed by atoms with Gasteiger partial charge in [-0.1, -0.05) is 0 Å². The first-order chi connectivity index (χ1) is 14.4. The van der Waals surface area contributed by atoms with E-state index in [0.717, 1.165) is 6.42 Å². The predicted molar refractivity (Wildman–Crippen MR) is 112 cm³/mol. The van der Waals surface area contributed by atoms with Gasteiger partial charge in [0.2, 0.25) is 10.0 Å². The van der Waals surface area contributed by atoms with E-state index in [2.05, 4.69) is 5.32 Å². The Morgan fingerprint density at radius 2 is 1.73 bits per heavy atom. The van der Waals surface area contributed by atoms with Crippen molar-refractivity contribution in [3.05, 3.63) is 48.0 Å². The number of carbonyl (C=O) groups is 1. The van der Waals surface area contributed by atoms with Crippen LogP contribution in [-0.2, 0) is 10.0 Å². The summed E-state index contributed by atoms with van der Waals surface area (Å²) in [6, 6.07) is 10.9. The van der Waals surface area contributed by atoms with Crippen LogP contribution in [0.3, 0.4) is 0 Å². The number of carbonyl (C=O) groups excluding carboxylic acids is 1. The van der Waals surface area contributed by atoms with Crippen LogP contribution in [0, 0.1) is 0 Å². The summed E-state index contributed by atoms with van der Waals surface area (Å²) in [7, 11) is 0.897. The number of hydrogen-bond donors (Lipinski definition) is 1. The summed E-state index contributed by atoms with van der Waals surface area (Å²) in [5.41, 5.74) is 0.412. The third-order valence-corrected chi connectivity index (χ3v) is 7.10. The van der Waals surface area contributed by atoms with Crippen molar-refractivity contribution in [1.82, 2.24) is 9.62 Å². The molecule has 1 fully saturated rings. The van der Waals surface area contributed by atoms with Crippen LogP contribution in [0.15, 0.2) is 47.4 Å². The van der Waals surface area contributed by atoms with E-state index >= 15 is 0 Å². The van der Waals surface area contributed by atoms with Crippen LogP contribution in [-0.4, -0.2) is 59.1 Å². The van der Waals surface area contributed by atoms with Gasteiger partial charge in [-0.2, -0.15) is 4.31 Å². The van der Waals surface area contributed by atoms with Crippen LogP contribution in [0.25, 0.3) is 0 Å². The van der Waals surface area contributed by atoms with Crippen molar-refractivity contribution in [2.24, 2.45) is 0 Å². The van der Waals surface area contributed by atoms with Crippen molar-refractivity contribution in [3.8, 4) is 17.2 Å². The van der Waals surface area contributed by atoms with Gasteiger partial charge >= 0.3 is 0 Å². The normalized spacial score (nSPS) is 16.8. The highest BCUT2D eigenvalue weighted by Gasteiger charge is 2.35. The summed E-state index contributed by atoms with van der Waals surface area (Å²) in [5.74, 6) is 1.27. The van der Waals surface area contributed by atoms with Gasteiger partial charge < -0.3 is 19.5 Å². The van der Waals surface area contributed by atoms with Crippen LogP contribution in [0.2, 0.25) is 0 Å². The molecular weight excluding hydrogens is 408 g/mol. The molecule has 0 aromatic heterocycles. The number of nitrogens with one attached hydrogen (secondary N) is 1. The molecule has 8 nitrogen and oxygen atoms in total. The van der Waals surface area contributed by atoms with E-state index in [1.54, 1.807) is 30.3 Å². The molecule has 1 aliphatic heterocycles. The van der Waals surface area contributed by atoms with Gasteiger partial charge in [0, 0.05) is 24.7 Å². The summed E-state index contributed by atoms with van der Waals surface area (Å²) < 4.78 is 43.1. The maximum atomic E-state index is 13.1. The first-order valence-corrected chi connectivity index (χ1v) is 11.0. The SMILES string of the molecule is COc1ccc(S(=O)(=O)N2CCCC2CNC(=O)c2ccc(OC)c(OC)c2)cc1. The Morgan fingerprint density at radius 1 is 1.03 bits per heavy atom. The number of amides is 1. The lowest BCUT2D eigenvalue weighted by atomic mass is 10.1. The molecule has 9 heteroatoms. The number of methoxy groups -OCH3 is 3. The van der Waals surface area contributed by atoms with E-state index in [-0.39, 0.29) is 23.4 Å². The Bertz CT molecular complexity index is 991. The first-order valence-electron chi connectivity index (χ1n) is 9.57. The molecule has 2 aromatic rings. The molecule has 1 atom stereocenters. The van der Waals surface area contributed by atoms with Crippen molar-refractivity contribution in [2.75, 3.05) is 34.4 Å². The average Bonchev–Trinajstić information content (AvgIpc) is 3.26. The topological polar surface area (TPSA) is 94.2 Å². The Morgan fingerprint density at radius 3 is 2.37 bits per heavy atom.